The molecule has 3 aromatic rings. The number of carbonyl (C=O) groups excluding carboxylic acids is 2. The first-order chi connectivity index (χ1) is 19.6. The van der Waals surface area contributed by atoms with Crippen LogP contribution >= 0.6 is 0 Å². The minimum atomic E-state index is -0.781. The number of aromatic nitrogens is 1. The number of hydrogen-bond donors (Lipinski definition) is 0. The number of esters is 2. The molecule has 1 aliphatic carbocycles. The van der Waals surface area contributed by atoms with E-state index in [1.54, 1.807) is 42.6 Å². The third-order valence-corrected chi connectivity index (χ3v) is 7.65. The number of pyridine rings is 1. The molecule has 1 aromatic heterocycles. The van der Waals surface area contributed by atoms with Crippen molar-refractivity contribution in [1.29, 1.82) is 0 Å². The summed E-state index contributed by atoms with van der Waals surface area (Å²) in [5.74, 6) is -0.637. The van der Waals surface area contributed by atoms with Crippen molar-refractivity contribution < 1.29 is 28.2 Å². The Labute approximate surface area is 241 Å². The van der Waals surface area contributed by atoms with Gasteiger partial charge in [0, 0.05) is 30.9 Å². The number of hydrogen-bond acceptors (Lipinski definition) is 7. The van der Waals surface area contributed by atoms with Gasteiger partial charge in [0.15, 0.2) is 0 Å². The van der Waals surface area contributed by atoms with Crippen LogP contribution in [0.1, 0.15) is 74.4 Å². The Hall–Kier alpha value is -3.78. The molecular formula is C33H39FN2O5. The molecule has 0 amide bonds. The highest BCUT2D eigenvalue weighted by Gasteiger charge is 2.34. The van der Waals surface area contributed by atoms with E-state index in [-0.39, 0.29) is 36.0 Å². The highest BCUT2D eigenvalue weighted by molar-refractivity contribution is 5.92. The van der Waals surface area contributed by atoms with E-state index in [9.17, 15) is 9.59 Å². The van der Waals surface area contributed by atoms with Crippen molar-refractivity contribution in [1.82, 2.24) is 9.88 Å². The number of nitrogens with zero attached hydrogens (tertiary/aromatic N) is 2. The fraction of sp³-hybridized carbons (Fsp3) is 0.424. The van der Waals surface area contributed by atoms with E-state index < -0.39 is 11.8 Å². The Morgan fingerprint density at radius 2 is 1.76 bits per heavy atom. The SMILES string of the molecule is COC(=O)CC(c1cccc(OC(=O)c2cc(CN(C(C)C)C(C)C)c(-c3ccnc(OC)c3)cc2F)c1)C1CC1. The van der Waals surface area contributed by atoms with Gasteiger partial charge in [0.05, 0.1) is 26.2 Å². The van der Waals surface area contributed by atoms with E-state index in [0.29, 0.717) is 29.7 Å². The molecule has 1 aliphatic rings. The Morgan fingerprint density at radius 1 is 1.02 bits per heavy atom. The van der Waals surface area contributed by atoms with Gasteiger partial charge in [0.1, 0.15) is 11.6 Å². The average molecular weight is 563 g/mol. The predicted molar refractivity (Wildman–Crippen MR) is 155 cm³/mol. The number of benzene rings is 2. The molecule has 0 radical (unpaired) electrons. The normalized spacial score (nSPS) is 13.9. The lowest BCUT2D eigenvalue weighted by molar-refractivity contribution is -0.141. The fourth-order valence-electron chi connectivity index (χ4n) is 5.31. The second-order valence-corrected chi connectivity index (χ2v) is 11.1. The quantitative estimate of drug-likeness (QED) is 0.178. The fourth-order valence-corrected chi connectivity index (χ4v) is 5.31. The summed E-state index contributed by atoms with van der Waals surface area (Å²) < 4.78 is 31.5. The minimum absolute atomic E-state index is 0.0147. The van der Waals surface area contributed by atoms with Crippen LogP contribution in [-0.4, -0.2) is 48.1 Å². The van der Waals surface area contributed by atoms with Crippen molar-refractivity contribution in [3.05, 3.63) is 77.2 Å². The highest BCUT2D eigenvalue weighted by Crippen LogP contribution is 2.45. The Kier molecular flexibility index (Phi) is 9.76. The van der Waals surface area contributed by atoms with Gasteiger partial charge in [-0.3, -0.25) is 9.69 Å². The van der Waals surface area contributed by atoms with Crippen LogP contribution in [0.15, 0.2) is 54.7 Å². The van der Waals surface area contributed by atoms with E-state index >= 15 is 4.39 Å². The molecule has 0 aliphatic heterocycles. The van der Waals surface area contributed by atoms with Gasteiger partial charge < -0.3 is 14.2 Å². The first-order valence-electron chi connectivity index (χ1n) is 14.1. The van der Waals surface area contributed by atoms with Crippen molar-refractivity contribution in [3.8, 4) is 22.8 Å². The molecule has 0 bridgehead atoms. The van der Waals surface area contributed by atoms with Gasteiger partial charge in [-0.25, -0.2) is 14.2 Å². The molecule has 1 unspecified atom stereocenters. The van der Waals surface area contributed by atoms with Crippen LogP contribution in [-0.2, 0) is 16.1 Å². The van der Waals surface area contributed by atoms with Crippen LogP contribution in [0.3, 0.4) is 0 Å². The Balaban J connectivity index is 1.67. The van der Waals surface area contributed by atoms with E-state index in [2.05, 4.69) is 37.6 Å². The van der Waals surface area contributed by atoms with Gasteiger partial charge in [0.25, 0.3) is 0 Å². The second-order valence-electron chi connectivity index (χ2n) is 11.1. The van der Waals surface area contributed by atoms with Crippen LogP contribution in [0.4, 0.5) is 4.39 Å². The standard InChI is InChI=1S/C33H39FN2O5/c1-20(2)36(21(3)4)19-25-15-29(30(34)17-27(25)24-12-13-35-31(16-24)39-5)33(38)41-26-9-7-8-23(14-26)28(22-10-11-22)18-32(37)40-6/h7-9,12-17,20-22,28H,10-11,18-19H2,1-6H3. The van der Waals surface area contributed by atoms with Crippen molar-refractivity contribution in [2.45, 2.75) is 71.5 Å². The third kappa shape index (κ3) is 7.50. The molecule has 0 N–H and O–H groups in total. The van der Waals surface area contributed by atoms with Crippen LogP contribution < -0.4 is 9.47 Å². The van der Waals surface area contributed by atoms with E-state index in [1.807, 2.05) is 6.07 Å². The van der Waals surface area contributed by atoms with Gasteiger partial charge in [0.2, 0.25) is 5.88 Å². The van der Waals surface area contributed by atoms with Crippen LogP contribution in [0, 0.1) is 11.7 Å². The van der Waals surface area contributed by atoms with Gasteiger partial charge in [-0.2, -0.15) is 0 Å². The zero-order valence-corrected chi connectivity index (χ0v) is 24.6. The Morgan fingerprint density at radius 3 is 2.39 bits per heavy atom. The van der Waals surface area contributed by atoms with Gasteiger partial charge in [-0.1, -0.05) is 12.1 Å². The number of carbonyl (C=O) groups is 2. The highest BCUT2D eigenvalue weighted by atomic mass is 19.1. The average Bonchev–Trinajstić information content (AvgIpc) is 3.80. The smallest absolute Gasteiger partial charge is 0.346 e. The lowest BCUT2D eigenvalue weighted by atomic mass is 9.91. The Bertz CT molecular complexity index is 1380. The largest absolute Gasteiger partial charge is 0.481 e. The summed E-state index contributed by atoms with van der Waals surface area (Å²) in [6, 6.07) is 14.1. The molecule has 1 heterocycles. The summed E-state index contributed by atoms with van der Waals surface area (Å²) in [6.07, 6.45) is 3.96. The first-order valence-corrected chi connectivity index (χ1v) is 14.1. The zero-order chi connectivity index (χ0) is 29.7. The molecule has 4 rings (SSSR count). The van der Waals surface area contributed by atoms with E-state index in [1.165, 1.54) is 20.3 Å². The molecule has 8 heteroatoms. The summed E-state index contributed by atoms with van der Waals surface area (Å²) in [6.45, 7) is 8.93. The van der Waals surface area contributed by atoms with Gasteiger partial charge in [-0.05, 0) is 105 Å². The molecule has 41 heavy (non-hydrogen) atoms. The maximum atomic E-state index is 15.6. The molecule has 0 saturated heterocycles. The van der Waals surface area contributed by atoms with Crippen LogP contribution in [0.2, 0.25) is 0 Å². The van der Waals surface area contributed by atoms with Gasteiger partial charge >= 0.3 is 11.9 Å². The summed E-state index contributed by atoms with van der Waals surface area (Å²) in [4.78, 5) is 31.8. The first kappa shape index (κ1) is 30.2. The van der Waals surface area contributed by atoms with E-state index in [4.69, 9.17) is 14.2 Å². The third-order valence-electron chi connectivity index (χ3n) is 7.65. The summed E-state index contributed by atoms with van der Waals surface area (Å²) in [5.41, 5.74) is 2.94. The van der Waals surface area contributed by atoms with Crippen LogP contribution in [0.25, 0.3) is 11.1 Å². The monoisotopic (exact) mass is 562 g/mol. The molecule has 7 nitrogen and oxygen atoms in total. The summed E-state index contributed by atoms with van der Waals surface area (Å²) in [7, 11) is 2.91. The maximum absolute atomic E-state index is 15.6. The second kappa shape index (κ2) is 13.3. The summed E-state index contributed by atoms with van der Waals surface area (Å²) in [5, 5.41) is 0. The molecule has 218 valence electrons. The number of rotatable bonds is 12. The number of methoxy groups -OCH3 is 2. The van der Waals surface area contributed by atoms with Crippen molar-refractivity contribution in [2.75, 3.05) is 14.2 Å². The van der Waals surface area contributed by atoms with Crippen molar-refractivity contribution >= 4 is 11.9 Å². The lowest BCUT2D eigenvalue weighted by Gasteiger charge is -2.31. The number of ether oxygens (including phenoxy) is 3. The predicted octanol–water partition coefficient (Wildman–Crippen LogP) is 6.79. The lowest BCUT2D eigenvalue weighted by Crippen LogP contribution is -2.36. The molecule has 0 spiro atoms. The molecule has 1 atom stereocenters. The van der Waals surface area contributed by atoms with E-state index in [0.717, 1.165) is 29.5 Å². The number of halogens is 1. The molecule has 1 saturated carbocycles. The maximum Gasteiger partial charge on any atom is 0.346 e. The van der Waals surface area contributed by atoms with Crippen molar-refractivity contribution in [2.24, 2.45) is 5.92 Å². The summed E-state index contributed by atoms with van der Waals surface area (Å²) >= 11 is 0. The zero-order valence-electron chi connectivity index (χ0n) is 24.6. The van der Waals surface area contributed by atoms with Gasteiger partial charge in [-0.15, -0.1) is 0 Å². The minimum Gasteiger partial charge on any atom is -0.481 e. The molecular weight excluding hydrogens is 523 g/mol. The van der Waals surface area contributed by atoms with Crippen molar-refractivity contribution in [3.63, 3.8) is 0 Å². The molecule has 1 fully saturated rings. The topological polar surface area (TPSA) is 78.0 Å². The van der Waals surface area contributed by atoms with Crippen LogP contribution in [0.5, 0.6) is 11.6 Å². The molecule has 2 aromatic carbocycles.